The number of rotatable bonds is 5. The molecule has 1 unspecified atom stereocenters. The van der Waals surface area contributed by atoms with Gasteiger partial charge in [0.15, 0.2) is 0 Å². The topological polar surface area (TPSA) is 54.0 Å². The second-order valence-electron chi connectivity index (χ2n) is 4.35. The fourth-order valence-electron chi connectivity index (χ4n) is 1.23. The van der Waals surface area contributed by atoms with Gasteiger partial charge in [-0.1, -0.05) is 19.9 Å². The quantitative estimate of drug-likeness (QED) is 0.821. The number of nitrogens with zero attached hydrogens (tertiary/aromatic N) is 1. The molecule has 0 saturated heterocycles. The molecule has 0 bridgehead atoms. The van der Waals surface area contributed by atoms with E-state index in [2.05, 4.69) is 45.4 Å². The molecule has 1 aromatic heterocycles. The Morgan fingerprint density at radius 3 is 2.71 bits per heavy atom. The summed E-state index contributed by atoms with van der Waals surface area (Å²) in [6.45, 7) is 6.64. The number of hydrogen-bond donors (Lipinski definition) is 2. The predicted molar refractivity (Wildman–Crippen MR) is 72.9 cm³/mol. The van der Waals surface area contributed by atoms with E-state index in [4.69, 9.17) is 0 Å². The standard InChI is InChI=1S/C12H18BrN3O/c1-8(2)7-14-12(17)9(3)15-11-6-4-5-10(13)16-11/h4-6,8-9H,7H2,1-3H3,(H,14,17)(H,15,16). The number of carbonyl (C=O) groups excluding carboxylic acids is 1. The Kier molecular flexibility index (Phi) is 5.41. The fourth-order valence-corrected chi connectivity index (χ4v) is 1.58. The zero-order valence-corrected chi connectivity index (χ0v) is 11.9. The smallest absolute Gasteiger partial charge is 0.242 e. The van der Waals surface area contributed by atoms with Crippen LogP contribution in [-0.2, 0) is 4.79 Å². The molecule has 4 nitrogen and oxygen atoms in total. The molecule has 94 valence electrons. The first kappa shape index (κ1) is 14.0. The van der Waals surface area contributed by atoms with Crippen LogP contribution in [0.3, 0.4) is 0 Å². The highest BCUT2D eigenvalue weighted by atomic mass is 79.9. The van der Waals surface area contributed by atoms with Crippen molar-refractivity contribution in [3.8, 4) is 0 Å². The van der Waals surface area contributed by atoms with Crippen LogP contribution in [0.1, 0.15) is 20.8 Å². The van der Waals surface area contributed by atoms with Gasteiger partial charge in [-0.15, -0.1) is 0 Å². The maximum atomic E-state index is 11.7. The van der Waals surface area contributed by atoms with Crippen LogP contribution < -0.4 is 10.6 Å². The maximum absolute atomic E-state index is 11.7. The number of carbonyl (C=O) groups is 1. The van der Waals surface area contributed by atoms with Crippen molar-refractivity contribution < 1.29 is 4.79 Å². The van der Waals surface area contributed by atoms with E-state index in [1.54, 1.807) is 0 Å². The molecule has 1 rings (SSSR count). The predicted octanol–water partition coefficient (Wildman–Crippen LogP) is 2.42. The molecule has 2 N–H and O–H groups in total. The van der Waals surface area contributed by atoms with Crippen molar-refractivity contribution >= 4 is 27.7 Å². The minimum Gasteiger partial charge on any atom is -0.359 e. The van der Waals surface area contributed by atoms with Crippen LogP contribution in [0.25, 0.3) is 0 Å². The Hall–Kier alpha value is -1.10. The first-order chi connectivity index (χ1) is 7.99. The van der Waals surface area contributed by atoms with Crippen LogP contribution >= 0.6 is 15.9 Å². The molecule has 1 aromatic rings. The number of hydrogen-bond acceptors (Lipinski definition) is 3. The van der Waals surface area contributed by atoms with Gasteiger partial charge in [-0.25, -0.2) is 4.98 Å². The van der Waals surface area contributed by atoms with E-state index < -0.39 is 0 Å². The molecule has 0 aliphatic carbocycles. The van der Waals surface area contributed by atoms with E-state index >= 15 is 0 Å². The van der Waals surface area contributed by atoms with Gasteiger partial charge in [-0.2, -0.15) is 0 Å². The van der Waals surface area contributed by atoms with Crippen molar-refractivity contribution in [1.29, 1.82) is 0 Å². The molecule has 0 fully saturated rings. The number of halogens is 1. The van der Waals surface area contributed by atoms with Gasteiger partial charge in [0.1, 0.15) is 16.5 Å². The van der Waals surface area contributed by atoms with Gasteiger partial charge < -0.3 is 10.6 Å². The Bertz CT molecular complexity index is 382. The number of aromatic nitrogens is 1. The maximum Gasteiger partial charge on any atom is 0.242 e. The largest absolute Gasteiger partial charge is 0.359 e. The molecule has 0 aliphatic heterocycles. The summed E-state index contributed by atoms with van der Waals surface area (Å²) in [5.74, 6) is 1.13. The average molecular weight is 300 g/mol. The van der Waals surface area contributed by atoms with Gasteiger partial charge in [0.2, 0.25) is 5.91 Å². The van der Waals surface area contributed by atoms with E-state index in [9.17, 15) is 4.79 Å². The minimum atomic E-state index is -0.296. The van der Waals surface area contributed by atoms with Crippen molar-refractivity contribution in [2.45, 2.75) is 26.8 Å². The van der Waals surface area contributed by atoms with Crippen LogP contribution in [-0.4, -0.2) is 23.5 Å². The molecule has 1 heterocycles. The molecular formula is C12H18BrN3O. The van der Waals surface area contributed by atoms with E-state index in [1.807, 2.05) is 25.1 Å². The second-order valence-corrected chi connectivity index (χ2v) is 5.16. The van der Waals surface area contributed by atoms with Crippen LogP contribution in [0.15, 0.2) is 22.8 Å². The summed E-state index contributed by atoms with van der Waals surface area (Å²) in [6, 6.07) is 5.25. The summed E-state index contributed by atoms with van der Waals surface area (Å²) >= 11 is 3.29. The Morgan fingerprint density at radius 2 is 2.12 bits per heavy atom. The van der Waals surface area contributed by atoms with Gasteiger partial charge in [0.05, 0.1) is 0 Å². The molecule has 0 radical (unpaired) electrons. The molecule has 17 heavy (non-hydrogen) atoms. The summed E-state index contributed by atoms with van der Waals surface area (Å²) < 4.78 is 0.747. The van der Waals surface area contributed by atoms with Crippen molar-refractivity contribution in [3.05, 3.63) is 22.8 Å². The number of pyridine rings is 1. The monoisotopic (exact) mass is 299 g/mol. The lowest BCUT2D eigenvalue weighted by Crippen LogP contribution is -2.39. The number of anilines is 1. The van der Waals surface area contributed by atoms with Gasteiger partial charge in [-0.3, -0.25) is 4.79 Å². The summed E-state index contributed by atoms with van der Waals surface area (Å²) in [6.07, 6.45) is 0. The summed E-state index contributed by atoms with van der Waals surface area (Å²) in [4.78, 5) is 15.9. The summed E-state index contributed by atoms with van der Waals surface area (Å²) in [5, 5.41) is 5.93. The minimum absolute atomic E-state index is 0.0134. The molecule has 0 saturated carbocycles. The summed E-state index contributed by atoms with van der Waals surface area (Å²) in [5.41, 5.74) is 0. The number of nitrogens with one attached hydrogen (secondary N) is 2. The lowest BCUT2D eigenvalue weighted by atomic mass is 10.2. The molecule has 0 aliphatic rings. The van der Waals surface area contributed by atoms with Crippen molar-refractivity contribution in [1.82, 2.24) is 10.3 Å². The zero-order chi connectivity index (χ0) is 12.8. The first-order valence-electron chi connectivity index (χ1n) is 5.66. The van der Waals surface area contributed by atoms with Crippen LogP contribution in [0.5, 0.6) is 0 Å². The van der Waals surface area contributed by atoms with E-state index in [0.717, 1.165) is 4.60 Å². The highest BCUT2D eigenvalue weighted by Gasteiger charge is 2.12. The third kappa shape index (κ3) is 5.17. The molecule has 1 amide bonds. The lowest BCUT2D eigenvalue weighted by molar-refractivity contribution is -0.121. The highest BCUT2D eigenvalue weighted by molar-refractivity contribution is 9.10. The Balaban J connectivity index is 2.48. The molecule has 0 spiro atoms. The zero-order valence-electron chi connectivity index (χ0n) is 10.3. The molecule has 1 atom stereocenters. The van der Waals surface area contributed by atoms with Gasteiger partial charge in [0, 0.05) is 6.54 Å². The second kappa shape index (κ2) is 6.59. The Labute approximate surface area is 110 Å². The normalized spacial score (nSPS) is 12.3. The first-order valence-corrected chi connectivity index (χ1v) is 6.45. The van der Waals surface area contributed by atoms with Crippen LogP contribution in [0.2, 0.25) is 0 Å². The van der Waals surface area contributed by atoms with Gasteiger partial charge >= 0.3 is 0 Å². The van der Waals surface area contributed by atoms with Crippen molar-refractivity contribution in [2.24, 2.45) is 5.92 Å². The van der Waals surface area contributed by atoms with E-state index in [0.29, 0.717) is 18.3 Å². The van der Waals surface area contributed by atoms with Crippen LogP contribution in [0, 0.1) is 5.92 Å². The molecule has 5 heteroatoms. The molecule has 0 aromatic carbocycles. The van der Waals surface area contributed by atoms with E-state index in [1.165, 1.54) is 0 Å². The van der Waals surface area contributed by atoms with Gasteiger partial charge in [0.25, 0.3) is 0 Å². The van der Waals surface area contributed by atoms with Crippen LogP contribution in [0.4, 0.5) is 5.82 Å². The highest BCUT2D eigenvalue weighted by Crippen LogP contribution is 2.10. The van der Waals surface area contributed by atoms with Crippen molar-refractivity contribution in [2.75, 3.05) is 11.9 Å². The fraction of sp³-hybridized carbons (Fsp3) is 0.500. The third-order valence-corrected chi connectivity index (χ3v) is 2.60. The Morgan fingerprint density at radius 1 is 1.41 bits per heavy atom. The summed E-state index contributed by atoms with van der Waals surface area (Å²) in [7, 11) is 0. The average Bonchev–Trinajstić information content (AvgIpc) is 2.25. The van der Waals surface area contributed by atoms with Crippen molar-refractivity contribution in [3.63, 3.8) is 0 Å². The third-order valence-electron chi connectivity index (χ3n) is 2.16. The molecular weight excluding hydrogens is 282 g/mol. The SMILES string of the molecule is CC(C)CNC(=O)C(C)Nc1cccc(Br)n1. The lowest BCUT2D eigenvalue weighted by Gasteiger charge is -2.15. The van der Waals surface area contributed by atoms with E-state index in [-0.39, 0.29) is 11.9 Å². The van der Waals surface area contributed by atoms with Gasteiger partial charge in [-0.05, 0) is 40.9 Å². The number of amides is 1.